The van der Waals surface area contributed by atoms with Gasteiger partial charge in [0.05, 0.1) is 0 Å². The minimum Gasteiger partial charge on any atom is -0.372 e. The third kappa shape index (κ3) is 9.67. The molecule has 0 saturated carbocycles. The van der Waals surface area contributed by atoms with Gasteiger partial charge in [0.1, 0.15) is 6.61 Å². The van der Waals surface area contributed by atoms with Crippen LogP contribution in [-0.4, -0.2) is 45.5 Å². The standard InChI is InChI=1S/C15H24F3N3OS.HI/c1-14(2,12-6-4-9-23-12)10-21-13(19-3)20-7-5-8-22-11-15(16,17)18;/h4,6,9H,5,7-8,10-11H2,1-3H3,(H2,19,20,21);1H. The Morgan fingerprint density at radius 3 is 2.54 bits per heavy atom. The van der Waals surface area contributed by atoms with Crippen molar-refractivity contribution in [1.82, 2.24) is 10.6 Å². The summed E-state index contributed by atoms with van der Waals surface area (Å²) in [5.74, 6) is 0.630. The molecular formula is C15H25F3IN3OS. The highest BCUT2D eigenvalue weighted by molar-refractivity contribution is 14.0. The van der Waals surface area contributed by atoms with Gasteiger partial charge in [-0.1, -0.05) is 19.9 Å². The molecule has 1 aromatic rings. The third-order valence-corrected chi connectivity index (χ3v) is 4.37. The maximum atomic E-state index is 11.9. The Morgan fingerprint density at radius 1 is 1.29 bits per heavy atom. The van der Waals surface area contributed by atoms with Gasteiger partial charge in [-0.15, -0.1) is 35.3 Å². The lowest BCUT2D eigenvalue weighted by atomic mass is 9.91. The zero-order valence-corrected chi connectivity index (χ0v) is 17.2. The average molecular weight is 479 g/mol. The van der Waals surface area contributed by atoms with Crippen LogP contribution in [0, 0.1) is 0 Å². The van der Waals surface area contributed by atoms with Crippen molar-refractivity contribution in [3.63, 3.8) is 0 Å². The molecule has 0 unspecified atom stereocenters. The summed E-state index contributed by atoms with van der Waals surface area (Å²) in [6, 6.07) is 4.12. The highest BCUT2D eigenvalue weighted by Crippen LogP contribution is 2.26. The van der Waals surface area contributed by atoms with E-state index in [0.29, 0.717) is 25.5 Å². The molecule has 0 fully saturated rings. The Morgan fingerprint density at radius 2 is 2.00 bits per heavy atom. The van der Waals surface area contributed by atoms with Crippen LogP contribution in [-0.2, 0) is 10.2 Å². The molecule has 0 aromatic carbocycles. The van der Waals surface area contributed by atoms with Crippen LogP contribution >= 0.6 is 35.3 Å². The second-order valence-corrected chi connectivity index (χ2v) is 6.68. The van der Waals surface area contributed by atoms with Crippen LogP contribution in [0.3, 0.4) is 0 Å². The molecule has 140 valence electrons. The Kier molecular flexibility index (Phi) is 10.9. The first-order chi connectivity index (χ1) is 10.7. The molecule has 0 aliphatic heterocycles. The van der Waals surface area contributed by atoms with Crippen molar-refractivity contribution in [3.05, 3.63) is 22.4 Å². The van der Waals surface area contributed by atoms with Crippen molar-refractivity contribution < 1.29 is 17.9 Å². The molecule has 0 bridgehead atoms. The van der Waals surface area contributed by atoms with Gasteiger partial charge in [-0.3, -0.25) is 4.99 Å². The summed E-state index contributed by atoms with van der Waals surface area (Å²) in [6.45, 7) is 4.35. The molecule has 0 amide bonds. The highest BCUT2D eigenvalue weighted by Gasteiger charge is 2.27. The van der Waals surface area contributed by atoms with Gasteiger partial charge in [0, 0.05) is 37.0 Å². The van der Waals surface area contributed by atoms with E-state index in [1.807, 2.05) is 11.4 Å². The Balaban J connectivity index is 0.00000529. The molecule has 0 atom stereocenters. The van der Waals surface area contributed by atoms with Gasteiger partial charge >= 0.3 is 6.18 Å². The van der Waals surface area contributed by atoms with Gasteiger partial charge in [-0.2, -0.15) is 13.2 Å². The fraction of sp³-hybridized carbons (Fsp3) is 0.667. The Hall–Kier alpha value is -0.550. The van der Waals surface area contributed by atoms with Gasteiger partial charge in [-0.25, -0.2) is 0 Å². The normalized spacial score (nSPS) is 12.7. The number of guanidine groups is 1. The molecule has 0 saturated heterocycles. The maximum Gasteiger partial charge on any atom is 0.411 e. The van der Waals surface area contributed by atoms with Crippen LogP contribution < -0.4 is 10.6 Å². The molecule has 24 heavy (non-hydrogen) atoms. The largest absolute Gasteiger partial charge is 0.411 e. The number of rotatable bonds is 8. The molecule has 0 aliphatic carbocycles. The second-order valence-electron chi connectivity index (χ2n) is 5.74. The van der Waals surface area contributed by atoms with Gasteiger partial charge in [0.25, 0.3) is 0 Å². The van der Waals surface area contributed by atoms with Crippen LogP contribution in [0.2, 0.25) is 0 Å². The second kappa shape index (κ2) is 11.1. The first-order valence-electron chi connectivity index (χ1n) is 7.37. The smallest absolute Gasteiger partial charge is 0.372 e. The lowest BCUT2D eigenvalue weighted by Gasteiger charge is -2.25. The number of nitrogens with one attached hydrogen (secondary N) is 2. The molecule has 4 nitrogen and oxygen atoms in total. The summed E-state index contributed by atoms with van der Waals surface area (Å²) < 4.78 is 40.3. The first-order valence-corrected chi connectivity index (χ1v) is 8.25. The van der Waals surface area contributed by atoms with Gasteiger partial charge in [0.2, 0.25) is 0 Å². The molecule has 1 rings (SSSR count). The van der Waals surface area contributed by atoms with Crippen LogP contribution in [0.25, 0.3) is 0 Å². The predicted molar refractivity (Wildman–Crippen MR) is 104 cm³/mol. The van der Waals surface area contributed by atoms with Crippen molar-refractivity contribution in [2.45, 2.75) is 31.9 Å². The summed E-state index contributed by atoms with van der Waals surface area (Å²) in [7, 11) is 1.66. The molecular weight excluding hydrogens is 454 g/mol. The van der Waals surface area contributed by atoms with E-state index in [4.69, 9.17) is 0 Å². The van der Waals surface area contributed by atoms with Crippen molar-refractivity contribution in [2.24, 2.45) is 4.99 Å². The predicted octanol–water partition coefficient (Wildman–Crippen LogP) is 3.78. The molecule has 2 N–H and O–H groups in total. The number of hydrogen-bond donors (Lipinski definition) is 2. The summed E-state index contributed by atoms with van der Waals surface area (Å²) >= 11 is 1.71. The van der Waals surface area contributed by atoms with Crippen molar-refractivity contribution >= 4 is 41.3 Å². The molecule has 1 aromatic heterocycles. The summed E-state index contributed by atoms with van der Waals surface area (Å²) in [4.78, 5) is 5.39. The van der Waals surface area contributed by atoms with Crippen LogP contribution in [0.15, 0.2) is 22.5 Å². The lowest BCUT2D eigenvalue weighted by molar-refractivity contribution is -0.173. The van der Waals surface area contributed by atoms with Gasteiger partial charge in [0.15, 0.2) is 5.96 Å². The number of alkyl halides is 3. The third-order valence-electron chi connectivity index (χ3n) is 3.13. The topological polar surface area (TPSA) is 45.7 Å². The highest BCUT2D eigenvalue weighted by atomic mass is 127. The van der Waals surface area contributed by atoms with Crippen molar-refractivity contribution in [3.8, 4) is 0 Å². The van der Waals surface area contributed by atoms with E-state index in [-0.39, 0.29) is 36.0 Å². The summed E-state index contributed by atoms with van der Waals surface area (Å²) in [6.07, 6.45) is -3.79. The maximum absolute atomic E-state index is 11.9. The quantitative estimate of drug-likeness (QED) is 0.258. The number of aliphatic imine (C=N–C) groups is 1. The Labute approximate surface area is 162 Å². The van der Waals surface area contributed by atoms with Crippen LogP contribution in [0.4, 0.5) is 13.2 Å². The van der Waals surface area contributed by atoms with Crippen molar-refractivity contribution in [1.29, 1.82) is 0 Å². The van der Waals surface area contributed by atoms with E-state index in [9.17, 15) is 13.2 Å². The zero-order valence-electron chi connectivity index (χ0n) is 14.1. The van der Waals surface area contributed by atoms with Gasteiger partial charge in [-0.05, 0) is 17.9 Å². The SMILES string of the molecule is CN=C(NCCCOCC(F)(F)F)NCC(C)(C)c1cccs1.I. The molecule has 0 spiro atoms. The fourth-order valence-electron chi connectivity index (χ4n) is 1.85. The minimum absolute atomic E-state index is 0. The molecule has 1 heterocycles. The van der Waals surface area contributed by atoms with E-state index in [1.165, 1.54) is 4.88 Å². The molecule has 0 aliphatic rings. The average Bonchev–Trinajstić information content (AvgIpc) is 2.99. The van der Waals surface area contributed by atoms with E-state index in [0.717, 1.165) is 0 Å². The first kappa shape index (κ1) is 23.4. The van der Waals surface area contributed by atoms with Crippen LogP contribution in [0.5, 0.6) is 0 Å². The summed E-state index contributed by atoms with van der Waals surface area (Å²) in [5, 5.41) is 8.35. The number of hydrogen-bond acceptors (Lipinski definition) is 3. The number of ether oxygens (including phenoxy) is 1. The van der Waals surface area contributed by atoms with E-state index in [1.54, 1.807) is 18.4 Å². The molecule has 9 heteroatoms. The van der Waals surface area contributed by atoms with E-state index >= 15 is 0 Å². The van der Waals surface area contributed by atoms with Crippen molar-refractivity contribution in [2.75, 3.05) is 33.4 Å². The zero-order chi connectivity index (χ0) is 17.3. The number of halogens is 4. The Bertz CT molecular complexity index is 479. The monoisotopic (exact) mass is 479 g/mol. The number of nitrogens with zero attached hydrogens (tertiary/aromatic N) is 1. The number of thiophene rings is 1. The summed E-state index contributed by atoms with van der Waals surface area (Å²) in [5.41, 5.74) is -0.0262. The lowest BCUT2D eigenvalue weighted by Crippen LogP contribution is -2.43. The van der Waals surface area contributed by atoms with E-state index in [2.05, 4.69) is 40.3 Å². The fourth-order valence-corrected chi connectivity index (χ4v) is 2.70. The van der Waals surface area contributed by atoms with Gasteiger partial charge < -0.3 is 15.4 Å². The van der Waals surface area contributed by atoms with E-state index < -0.39 is 12.8 Å². The minimum atomic E-state index is -4.27. The van der Waals surface area contributed by atoms with Crippen LogP contribution in [0.1, 0.15) is 25.1 Å². The molecule has 0 radical (unpaired) electrons.